The van der Waals surface area contributed by atoms with Crippen molar-refractivity contribution in [2.75, 3.05) is 0 Å². The Bertz CT molecular complexity index is 695. The van der Waals surface area contributed by atoms with E-state index in [0.717, 1.165) is 0 Å². The van der Waals surface area contributed by atoms with Crippen molar-refractivity contribution in [1.29, 1.82) is 0 Å². The van der Waals surface area contributed by atoms with Gasteiger partial charge < -0.3 is 0 Å². The van der Waals surface area contributed by atoms with Gasteiger partial charge in [0.1, 0.15) is 12.4 Å². The summed E-state index contributed by atoms with van der Waals surface area (Å²) in [4.78, 5) is 0. The van der Waals surface area contributed by atoms with E-state index in [1.165, 1.54) is 257 Å². The van der Waals surface area contributed by atoms with Crippen molar-refractivity contribution in [3.05, 3.63) is 18.2 Å². The van der Waals surface area contributed by atoms with Crippen LogP contribution in [0.1, 0.15) is 264 Å². The SMILES string of the molecule is CCCCCCCCCCCCCCCCCCCc1n(CCCCCCCCCCCC)cc[n+]1CCCCCCCCCCCC. The zero-order chi connectivity index (χ0) is 34.4. The first-order valence-corrected chi connectivity index (χ1v) is 22.9. The molecule has 0 fully saturated rings. The number of rotatable bonds is 40. The predicted molar refractivity (Wildman–Crippen MR) is 216 cm³/mol. The molecule has 0 N–H and O–H groups in total. The van der Waals surface area contributed by atoms with Crippen LogP contribution in [0.5, 0.6) is 0 Å². The molecule has 284 valence electrons. The summed E-state index contributed by atoms with van der Waals surface area (Å²) in [5.74, 6) is 1.63. The van der Waals surface area contributed by atoms with Crippen molar-refractivity contribution in [3.63, 3.8) is 0 Å². The first-order valence-electron chi connectivity index (χ1n) is 22.9. The minimum atomic E-state index is 1.23. The van der Waals surface area contributed by atoms with Crippen LogP contribution in [0, 0.1) is 0 Å². The summed E-state index contributed by atoms with van der Waals surface area (Å²) in [6.07, 6.45) is 59.3. The van der Waals surface area contributed by atoms with E-state index >= 15 is 0 Å². The Morgan fingerprint density at radius 2 is 0.646 bits per heavy atom. The lowest BCUT2D eigenvalue weighted by Crippen LogP contribution is -2.37. The van der Waals surface area contributed by atoms with E-state index < -0.39 is 0 Å². The van der Waals surface area contributed by atoms with E-state index in [1.807, 2.05) is 0 Å². The molecule has 1 aromatic heterocycles. The molecule has 0 unspecified atom stereocenters. The molecule has 0 atom stereocenters. The second-order valence-corrected chi connectivity index (χ2v) is 15.9. The fourth-order valence-electron chi connectivity index (χ4n) is 7.74. The van der Waals surface area contributed by atoms with Crippen LogP contribution in [-0.4, -0.2) is 4.57 Å². The second-order valence-electron chi connectivity index (χ2n) is 15.9. The van der Waals surface area contributed by atoms with Gasteiger partial charge in [-0.2, -0.15) is 0 Å². The smallest absolute Gasteiger partial charge is 0.234 e. The Balaban J connectivity index is 2.24. The molecule has 0 radical (unpaired) electrons. The van der Waals surface area contributed by atoms with E-state index in [0.29, 0.717) is 0 Å². The van der Waals surface area contributed by atoms with Crippen molar-refractivity contribution < 1.29 is 4.57 Å². The van der Waals surface area contributed by atoms with E-state index in [2.05, 4.69) is 42.3 Å². The molecule has 0 saturated carbocycles. The maximum atomic E-state index is 2.65. The first kappa shape index (κ1) is 45.2. The largest absolute Gasteiger partial charge is 0.256 e. The Labute approximate surface area is 304 Å². The Morgan fingerprint density at radius 1 is 0.354 bits per heavy atom. The van der Waals surface area contributed by atoms with Gasteiger partial charge >= 0.3 is 0 Å². The Kier molecular flexibility index (Phi) is 35.3. The summed E-state index contributed by atoms with van der Waals surface area (Å²) >= 11 is 0. The van der Waals surface area contributed by atoms with Crippen molar-refractivity contribution in [2.24, 2.45) is 0 Å². The molecule has 1 heterocycles. The molecule has 0 aromatic carbocycles. The number of aryl methyl sites for hydroxylation is 2. The van der Waals surface area contributed by atoms with Gasteiger partial charge in [-0.1, -0.05) is 226 Å². The van der Waals surface area contributed by atoms with Gasteiger partial charge in [0.05, 0.1) is 13.1 Å². The first-order chi connectivity index (χ1) is 23.8. The van der Waals surface area contributed by atoms with Crippen LogP contribution in [0.15, 0.2) is 12.4 Å². The molecule has 0 aliphatic heterocycles. The van der Waals surface area contributed by atoms with E-state index in [9.17, 15) is 0 Å². The zero-order valence-corrected chi connectivity index (χ0v) is 33.8. The van der Waals surface area contributed by atoms with Crippen LogP contribution in [0.3, 0.4) is 0 Å². The third kappa shape index (κ3) is 29.0. The molecule has 0 aliphatic rings. The number of unbranched alkanes of at least 4 members (excludes halogenated alkanes) is 34. The number of nitrogens with zero attached hydrogens (tertiary/aromatic N) is 2. The van der Waals surface area contributed by atoms with Crippen molar-refractivity contribution in [1.82, 2.24) is 4.57 Å². The van der Waals surface area contributed by atoms with Crippen molar-refractivity contribution in [2.45, 2.75) is 278 Å². The molecule has 2 heteroatoms. The summed E-state index contributed by atoms with van der Waals surface area (Å²) in [5.41, 5.74) is 0. The highest BCUT2D eigenvalue weighted by Gasteiger charge is 2.16. The van der Waals surface area contributed by atoms with Crippen molar-refractivity contribution in [3.8, 4) is 0 Å². The zero-order valence-electron chi connectivity index (χ0n) is 33.8. The highest BCUT2D eigenvalue weighted by Crippen LogP contribution is 2.16. The molecule has 0 amide bonds. The normalized spacial score (nSPS) is 11.6. The van der Waals surface area contributed by atoms with Crippen LogP contribution < -0.4 is 4.57 Å². The number of imidazole rings is 1. The average Bonchev–Trinajstić information content (AvgIpc) is 3.48. The van der Waals surface area contributed by atoms with Gasteiger partial charge in [0.25, 0.3) is 5.82 Å². The van der Waals surface area contributed by atoms with E-state index in [-0.39, 0.29) is 0 Å². The van der Waals surface area contributed by atoms with Gasteiger partial charge in [-0.05, 0) is 32.1 Å². The number of aromatic nitrogens is 2. The standard InChI is InChI=1S/C46H91N2/c1-4-7-10-13-16-19-22-23-24-25-26-27-28-29-32-35-38-41-46-47(42-39-36-33-30-20-17-14-11-8-5-2)44-45-48(46)43-40-37-34-31-21-18-15-12-9-6-3/h44-45H,4-43H2,1-3H3/q+1. The third-order valence-corrected chi connectivity index (χ3v) is 11.1. The van der Waals surface area contributed by atoms with Crippen LogP contribution >= 0.6 is 0 Å². The van der Waals surface area contributed by atoms with Gasteiger partial charge in [-0.3, -0.25) is 0 Å². The maximum absolute atomic E-state index is 2.65. The molecule has 2 nitrogen and oxygen atoms in total. The van der Waals surface area contributed by atoms with Crippen LogP contribution in [0.2, 0.25) is 0 Å². The summed E-state index contributed by atoms with van der Waals surface area (Å²) in [6.45, 7) is 9.41. The second kappa shape index (κ2) is 37.5. The molecule has 0 spiro atoms. The molecule has 48 heavy (non-hydrogen) atoms. The molecular formula is C46H91N2+. The van der Waals surface area contributed by atoms with Gasteiger partial charge in [0.15, 0.2) is 0 Å². The monoisotopic (exact) mass is 672 g/mol. The molecular weight excluding hydrogens is 581 g/mol. The van der Waals surface area contributed by atoms with Gasteiger partial charge in [0, 0.05) is 6.42 Å². The van der Waals surface area contributed by atoms with Gasteiger partial charge in [-0.25, -0.2) is 9.13 Å². The summed E-state index contributed by atoms with van der Waals surface area (Å²) in [7, 11) is 0. The van der Waals surface area contributed by atoms with Crippen molar-refractivity contribution >= 4 is 0 Å². The molecule has 1 aromatic rings. The Morgan fingerprint density at radius 3 is 1.00 bits per heavy atom. The van der Waals surface area contributed by atoms with Crippen LogP contribution in [-0.2, 0) is 19.5 Å². The third-order valence-electron chi connectivity index (χ3n) is 11.1. The number of hydrogen-bond donors (Lipinski definition) is 0. The van der Waals surface area contributed by atoms with E-state index in [4.69, 9.17) is 0 Å². The average molecular weight is 672 g/mol. The lowest BCUT2D eigenvalue weighted by atomic mass is 10.0. The summed E-state index contributed by atoms with van der Waals surface area (Å²) in [6, 6.07) is 0. The lowest BCUT2D eigenvalue weighted by Gasteiger charge is -2.07. The molecule has 0 aliphatic carbocycles. The summed E-state index contributed by atoms with van der Waals surface area (Å²) < 4.78 is 5.29. The topological polar surface area (TPSA) is 8.81 Å². The van der Waals surface area contributed by atoms with Crippen LogP contribution in [0.4, 0.5) is 0 Å². The minimum absolute atomic E-state index is 1.23. The molecule has 1 rings (SSSR count). The fraction of sp³-hybridized carbons (Fsp3) is 0.935. The van der Waals surface area contributed by atoms with Gasteiger partial charge in [0.2, 0.25) is 0 Å². The number of hydrogen-bond acceptors (Lipinski definition) is 0. The van der Waals surface area contributed by atoms with Gasteiger partial charge in [-0.15, -0.1) is 0 Å². The van der Waals surface area contributed by atoms with Crippen LogP contribution in [0.25, 0.3) is 0 Å². The quantitative estimate of drug-likeness (QED) is 0.0485. The molecule has 0 saturated heterocycles. The lowest BCUT2D eigenvalue weighted by molar-refractivity contribution is -0.704. The Hall–Kier alpha value is -0.790. The highest BCUT2D eigenvalue weighted by atomic mass is 15.1. The fourth-order valence-corrected chi connectivity index (χ4v) is 7.74. The maximum Gasteiger partial charge on any atom is 0.256 e. The minimum Gasteiger partial charge on any atom is -0.234 e. The molecule has 0 bridgehead atoms. The highest BCUT2D eigenvalue weighted by molar-refractivity contribution is 4.84. The van der Waals surface area contributed by atoms with E-state index in [1.54, 1.807) is 5.82 Å². The predicted octanol–water partition coefficient (Wildman–Crippen LogP) is 15.8. The summed E-state index contributed by atoms with van der Waals surface area (Å²) in [5, 5.41) is 0.